The molecular formula is C19H32BrN3O4. The summed E-state index contributed by atoms with van der Waals surface area (Å²) in [5.41, 5.74) is 9.38. The number of imide groups is 1. The Morgan fingerprint density at radius 3 is 2.19 bits per heavy atom. The average Bonchev–Trinajstić information content (AvgIpc) is 2.52. The zero-order valence-electron chi connectivity index (χ0n) is 16.2. The van der Waals surface area contributed by atoms with Crippen molar-refractivity contribution >= 4 is 35.0 Å². The van der Waals surface area contributed by atoms with Gasteiger partial charge >= 0.3 is 12.1 Å². The highest BCUT2D eigenvalue weighted by Gasteiger charge is 2.34. The monoisotopic (exact) mass is 445 g/mol. The molecule has 1 aliphatic rings. The number of halogens is 1. The molecule has 0 aromatic carbocycles. The number of terminal acetylenes is 1. The fourth-order valence-corrected chi connectivity index (χ4v) is 2.99. The van der Waals surface area contributed by atoms with Gasteiger partial charge in [0.25, 0.3) is 0 Å². The number of rotatable bonds is 6. The number of hydrogen-bond donors (Lipinski definition) is 3. The Morgan fingerprint density at radius 2 is 1.81 bits per heavy atom. The number of nitrogens with one attached hydrogen (secondary N) is 1. The second-order valence-corrected chi connectivity index (χ2v) is 6.77. The molecule has 1 saturated carbocycles. The van der Waals surface area contributed by atoms with Gasteiger partial charge in [-0.3, -0.25) is 10.1 Å². The van der Waals surface area contributed by atoms with Gasteiger partial charge in [-0.15, -0.1) is 35.9 Å². The number of allylic oxidation sites excluding steroid dienone is 1. The largest absolute Gasteiger partial charge is 0.442 e. The fraction of sp³-hybridized carbons (Fsp3) is 0.632. The first-order chi connectivity index (χ1) is 12.2. The van der Waals surface area contributed by atoms with E-state index in [1.165, 1.54) is 6.42 Å². The second kappa shape index (κ2) is 14.1. The molecule has 0 heterocycles. The first-order valence-corrected chi connectivity index (χ1v) is 8.80. The summed E-state index contributed by atoms with van der Waals surface area (Å²) in [4.78, 5) is 32.4. The molecule has 0 aromatic rings. The Labute approximate surface area is 172 Å². The van der Waals surface area contributed by atoms with Crippen LogP contribution in [0.2, 0.25) is 0 Å². The van der Waals surface area contributed by atoms with Gasteiger partial charge in [0.2, 0.25) is 5.91 Å². The van der Waals surface area contributed by atoms with Crippen LogP contribution in [0.4, 0.5) is 9.59 Å². The van der Waals surface area contributed by atoms with Crippen LogP contribution in [0.15, 0.2) is 12.7 Å². The standard InChI is InChI=1S/C10H15NO2.C9H16N2O2.BrH/c1-2-6-10(13-9(11)12)7-4-3-5-8-10;1-4-5-7(6(2)3)8(12)11-9(10)13;/h1H,3-8H2,(H2,11,12);4,6-7H,1,5H2,2-3H3,(H3,10,11,12,13);1H. The van der Waals surface area contributed by atoms with Crippen LogP contribution in [0.25, 0.3) is 0 Å². The number of carbonyl (C=O) groups excluding carboxylic acids is 3. The molecule has 0 spiro atoms. The summed E-state index contributed by atoms with van der Waals surface area (Å²) in [6.07, 6.45) is 12.2. The van der Waals surface area contributed by atoms with Gasteiger partial charge in [-0.2, -0.15) is 0 Å². The van der Waals surface area contributed by atoms with E-state index in [1.54, 1.807) is 6.08 Å². The highest BCUT2D eigenvalue weighted by molar-refractivity contribution is 8.93. The summed E-state index contributed by atoms with van der Waals surface area (Å²) in [5.74, 6) is 2.15. The maximum atomic E-state index is 11.3. The molecule has 4 amide bonds. The Kier molecular flexibility index (Phi) is 14.2. The number of primary amides is 2. The van der Waals surface area contributed by atoms with Crippen LogP contribution in [0.1, 0.15) is 58.8 Å². The third kappa shape index (κ3) is 11.3. The molecule has 0 aromatic heterocycles. The minimum Gasteiger partial charge on any atom is -0.442 e. The first-order valence-electron chi connectivity index (χ1n) is 8.80. The predicted molar refractivity (Wildman–Crippen MR) is 111 cm³/mol. The maximum Gasteiger partial charge on any atom is 0.405 e. The summed E-state index contributed by atoms with van der Waals surface area (Å²) in [5, 5.41) is 2.06. The molecule has 5 N–H and O–H groups in total. The highest BCUT2D eigenvalue weighted by Crippen LogP contribution is 2.34. The lowest BCUT2D eigenvalue weighted by Crippen LogP contribution is -2.40. The van der Waals surface area contributed by atoms with E-state index in [1.807, 2.05) is 13.8 Å². The SMILES string of the molecule is Br.C#CCC1(OC(N)=O)CCCCC1.C=CCC(C(=O)NC(N)=O)C(C)C. The Morgan fingerprint density at radius 1 is 1.26 bits per heavy atom. The smallest absolute Gasteiger partial charge is 0.405 e. The van der Waals surface area contributed by atoms with E-state index in [4.69, 9.17) is 22.6 Å². The molecule has 8 heteroatoms. The fourth-order valence-electron chi connectivity index (χ4n) is 2.99. The van der Waals surface area contributed by atoms with Gasteiger partial charge in [-0.05, 0) is 38.0 Å². The van der Waals surface area contributed by atoms with Crippen molar-refractivity contribution in [3.8, 4) is 12.3 Å². The number of hydrogen-bond acceptors (Lipinski definition) is 4. The lowest BCUT2D eigenvalue weighted by molar-refractivity contribution is -0.125. The Bertz CT molecular complexity index is 538. The summed E-state index contributed by atoms with van der Waals surface area (Å²) in [6.45, 7) is 7.37. The van der Waals surface area contributed by atoms with Crippen LogP contribution >= 0.6 is 17.0 Å². The number of amides is 4. The molecule has 0 bridgehead atoms. The topological polar surface area (TPSA) is 125 Å². The van der Waals surface area contributed by atoms with Gasteiger partial charge in [0.05, 0.1) is 0 Å². The molecule has 1 unspecified atom stereocenters. The van der Waals surface area contributed by atoms with E-state index < -0.39 is 17.7 Å². The van der Waals surface area contributed by atoms with Crippen molar-refractivity contribution < 1.29 is 19.1 Å². The number of nitrogens with two attached hydrogens (primary N) is 2. The molecular weight excluding hydrogens is 414 g/mol. The van der Waals surface area contributed by atoms with Crippen LogP contribution in [0.3, 0.4) is 0 Å². The van der Waals surface area contributed by atoms with E-state index in [0.717, 1.165) is 25.7 Å². The second-order valence-electron chi connectivity index (χ2n) is 6.77. The van der Waals surface area contributed by atoms with E-state index in [9.17, 15) is 14.4 Å². The lowest BCUT2D eigenvalue weighted by Gasteiger charge is -2.34. The first kappa shape index (κ1) is 27.2. The van der Waals surface area contributed by atoms with Crippen molar-refractivity contribution in [2.75, 3.05) is 0 Å². The summed E-state index contributed by atoms with van der Waals surface area (Å²) >= 11 is 0. The zero-order valence-corrected chi connectivity index (χ0v) is 17.9. The molecule has 1 rings (SSSR count). The van der Waals surface area contributed by atoms with Gasteiger partial charge in [0.15, 0.2) is 0 Å². The normalized spacial score (nSPS) is 15.6. The molecule has 27 heavy (non-hydrogen) atoms. The minimum absolute atomic E-state index is 0. The van der Waals surface area contributed by atoms with Crippen molar-refractivity contribution in [2.24, 2.45) is 23.3 Å². The van der Waals surface area contributed by atoms with Crippen molar-refractivity contribution in [1.29, 1.82) is 0 Å². The van der Waals surface area contributed by atoms with E-state index in [-0.39, 0.29) is 34.7 Å². The molecule has 1 atom stereocenters. The maximum absolute atomic E-state index is 11.3. The number of urea groups is 1. The lowest BCUT2D eigenvalue weighted by atomic mass is 9.82. The van der Waals surface area contributed by atoms with Crippen molar-refractivity contribution in [3.05, 3.63) is 12.7 Å². The van der Waals surface area contributed by atoms with Crippen LogP contribution in [-0.2, 0) is 9.53 Å². The van der Waals surface area contributed by atoms with E-state index in [0.29, 0.717) is 12.8 Å². The Balaban J connectivity index is 0. The van der Waals surface area contributed by atoms with Crippen LogP contribution < -0.4 is 16.8 Å². The van der Waals surface area contributed by atoms with Gasteiger partial charge in [0.1, 0.15) is 5.60 Å². The molecule has 0 radical (unpaired) electrons. The van der Waals surface area contributed by atoms with Crippen LogP contribution in [-0.4, -0.2) is 23.6 Å². The number of ether oxygens (including phenoxy) is 1. The quantitative estimate of drug-likeness (QED) is 0.427. The highest BCUT2D eigenvalue weighted by atomic mass is 79.9. The van der Waals surface area contributed by atoms with E-state index >= 15 is 0 Å². The summed E-state index contributed by atoms with van der Waals surface area (Å²) in [6, 6.07) is -0.806. The van der Waals surface area contributed by atoms with Crippen molar-refractivity contribution in [2.45, 2.75) is 64.4 Å². The van der Waals surface area contributed by atoms with Crippen molar-refractivity contribution in [1.82, 2.24) is 5.32 Å². The molecule has 7 nitrogen and oxygen atoms in total. The summed E-state index contributed by atoms with van der Waals surface area (Å²) in [7, 11) is 0. The zero-order chi connectivity index (χ0) is 20.2. The van der Waals surface area contributed by atoms with Gasteiger partial charge in [-0.1, -0.05) is 26.3 Å². The van der Waals surface area contributed by atoms with Gasteiger partial charge in [-0.25, -0.2) is 9.59 Å². The predicted octanol–water partition coefficient (Wildman–Crippen LogP) is 3.42. The van der Waals surface area contributed by atoms with Crippen LogP contribution in [0.5, 0.6) is 0 Å². The minimum atomic E-state index is -0.806. The molecule has 0 saturated heterocycles. The third-order valence-electron chi connectivity index (χ3n) is 4.31. The van der Waals surface area contributed by atoms with Crippen molar-refractivity contribution in [3.63, 3.8) is 0 Å². The summed E-state index contributed by atoms with van der Waals surface area (Å²) < 4.78 is 5.12. The molecule has 0 aliphatic heterocycles. The molecule has 1 aliphatic carbocycles. The average molecular weight is 446 g/mol. The van der Waals surface area contributed by atoms with Crippen LogP contribution in [0, 0.1) is 24.2 Å². The molecule has 154 valence electrons. The molecule has 1 fully saturated rings. The number of carbonyl (C=O) groups is 3. The Hall–Kier alpha value is -2.01. The van der Waals surface area contributed by atoms with E-state index in [2.05, 4.69) is 17.8 Å². The van der Waals surface area contributed by atoms with Gasteiger partial charge in [0, 0.05) is 12.3 Å². The third-order valence-corrected chi connectivity index (χ3v) is 4.31. The van der Waals surface area contributed by atoms with Gasteiger partial charge < -0.3 is 16.2 Å².